The monoisotopic (exact) mass is 623 g/mol. The summed E-state index contributed by atoms with van der Waals surface area (Å²) < 4.78 is 11.6. The summed E-state index contributed by atoms with van der Waals surface area (Å²) in [6, 6.07) is 17.8. The zero-order valence-corrected chi connectivity index (χ0v) is 24.4. The van der Waals surface area contributed by atoms with Gasteiger partial charge in [0.25, 0.3) is 17.1 Å². The van der Waals surface area contributed by atoms with Crippen LogP contribution in [0.15, 0.2) is 70.0 Å². The number of rotatable bonds is 9. The van der Waals surface area contributed by atoms with Crippen LogP contribution in [0.4, 0.5) is 16.2 Å². The quantitative estimate of drug-likeness (QED) is 0.291. The molecule has 0 aliphatic carbocycles. The molecule has 0 saturated carbocycles. The molecule has 2 N–H and O–H groups in total. The zero-order valence-electron chi connectivity index (χ0n) is 21.9. The minimum Gasteiger partial charge on any atom is -0.493 e. The number of nitrogens with zero attached hydrogens (tertiary/aromatic N) is 1. The van der Waals surface area contributed by atoms with Crippen LogP contribution in [0.1, 0.15) is 16.7 Å². The van der Waals surface area contributed by atoms with Crippen LogP contribution in [0, 0.1) is 13.8 Å². The summed E-state index contributed by atoms with van der Waals surface area (Å²) >= 11 is 4.18. The van der Waals surface area contributed by atoms with Crippen molar-refractivity contribution in [1.29, 1.82) is 0 Å². The van der Waals surface area contributed by atoms with E-state index in [1.165, 1.54) is 13.2 Å². The van der Waals surface area contributed by atoms with Crippen molar-refractivity contribution >= 4 is 68.1 Å². The molecule has 0 spiro atoms. The lowest BCUT2D eigenvalue weighted by molar-refractivity contribution is -0.127. The number of carbonyl (C=O) groups is 4. The normalized spacial score (nSPS) is 13.9. The standard InChI is InChI=1S/C29H26BrN3O6S/c1-17-9-10-21(11-18(17)2)32-25(34)15-33-28(36)24(40-29(33)37)14-19-12-22(30)27(23(13-19)38-3)39-16-26(35)31-20-7-5-4-6-8-20/h4-14H,15-16H2,1-3H3,(H,31,35)(H,32,34)/b24-14+. The van der Waals surface area contributed by atoms with Crippen molar-refractivity contribution in [3.8, 4) is 11.5 Å². The van der Waals surface area contributed by atoms with Crippen LogP contribution < -0.4 is 20.1 Å². The van der Waals surface area contributed by atoms with E-state index in [0.717, 1.165) is 27.8 Å². The number of carbonyl (C=O) groups excluding carboxylic acids is 4. The van der Waals surface area contributed by atoms with Gasteiger partial charge in [0.05, 0.1) is 16.5 Å². The molecule has 0 atom stereocenters. The van der Waals surface area contributed by atoms with Gasteiger partial charge in [0, 0.05) is 11.4 Å². The van der Waals surface area contributed by atoms with E-state index in [1.54, 1.807) is 30.3 Å². The average Bonchev–Trinajstić information content (AvgIpc) is 3.17. The van der Waals surface area contributed by atoms with Gasteiger partial charge in [-0.15, -0.1) is 0 Å². The second-order valence-electron chi connectivity index (χ2n) is 8.85. The number of amides is 4. The van der Waals surface area contributed by atoms with Crippen LogP contribution in [0.2, 0.25) is 0 Å². The Morgan fingerprint density at radius 1 is 0.950 bits per heavy atom. The van der Waals surface area contributed by atoms with Crippen LogP contribution in [0.3, 0.4) is 0 Å². The molecule has 206 valence electrons. The third-order valence-corrected chi connectivity index (χ3v) is 7.42. The molecule has 1 fully saturated rings. The number of aryl methyl sites for hydroxylation is 2. The van der Waals surface area contributed by atoms with Gasteiger partial charge >= 0.3 is 0 Å². The molecule has 3 aromatic carbocycles. The minimum absolute atomic E-state index is 0.161. The number of nitrogens with one attached hydrogen (secondary N) is 2. The Morgan fingerprint density at radius 2 is 1.68 bits per heavy atom. The van der Waals surface area contributed by atoms with Gasteiger partial charge in [0.1, 0.15) is 6.54 Å². The highest BCUT2D eigenvalue weighted by molar-refractivity contribution is 9.10. The fourth-order valence-corrected chi connectivity index (χ4v) is 5.18. The molecule has 1 heterocycles. The first kappa shape index (κ1) is 28.9. The second kappa shape index (κ2) is 12.8. The molecular formula is C29H26BrN3O6S. The smallest absolute Gasteiger partial charge is 0.294 e. The molecule has 0 aromatic heterocycles. The number of hydrogen-bond donors (Lipinski definition) is 2. The summed E-state index contributed by atoms with van der Waals surface area (Å²) in [6.45, 7) is 3.24. The molecular weight excluding hydrogens is 598 g/mol. The third kappa shape index (κ3) is 7.10. The number of para-hydroxylation sites is 1. The van der Waals surface area contributed by atoms with Crippen molar-refractivity contribution in [2.24, 2.45) is 0 Å². The van der Waals surface area contributed by atoms with Crippen LogP contribution in [0.5, 0.6) is 11.5 Å². The number of anilines is 2. The minimum atomic E-state index is -0.571. The van der Waals surface area contributed by atoms with Gasteiger partial charge in [0.2, 0.25) is 5.91 Å². The van der Waals surface area contributed by atoms with E-state index in [9.17, 15) is 19.2 Å². The summed E-state index contributed by atoms with van der Waals surface area (Å²) in [5, 5.41) is 4.92. The lowest BCUT2D eigenvalue weighted by atomic mass is 10.1. The van der Waals surface area contributed by atoms with Gasteiger partial charge < -0.3 is 20.1 Å². The average molecular weight is 625 g/mol. The maximum Gasteiger partial charge on any atom is 0.294 e. The number of thioether (sulfide) groups is 1. The molecule has 1 aliphatic rings. The maximum atomic E-state index is 13.0. The second-order valence-corrected chi connectivity index (χ2v) is 10.7. The highest BCUT2D eigenvalue weighted by Crippen LogP contribution is 2.39. The van der Waals surface area contributed by atoms with Gasteiger partial charge in [-0.2, -0.15) is 0 Å². The van der Waals surface area contributed by atoms with Gasteiger partial charge in [-0.3, -0.25) is 24.1 Å². The topological polar surface area (TPSA) is 114 Å². The highest BCUT2D eigenvalue weighted by Gasteiger charge is 2.36. The Hall–Kier alpha value is -4.09. The first-order valence-electron chi connectivity index (χ1n) is 12.1. The van der Waals surface area contributed by atoms with E-state index in [0.29, 0.717) is 32.9 Å². The fourth-order valence-electron chi connectivity index (χ4n) is 3.77. The van der Waals surface area contributed by atoms with Crippen molar-refractivity contribution in [2.75, 3.05) is 30.9 Å². The van der Waals surface area contributed by atoms with Crippen LogP contribution in [-0.2, 0) is 14.4 Å². The summed E-state index contributed by atoms with van der Waals surface area (Å²) in [5.74, 6) is -0.772. The third-order valence-electron chi connectivity index (χ3n) is 5.92. The Morgan fingerprint density at radius 3 is 2.38 bits per heavy atom. The number of benzene rings is 3. The van der Waals surface area contributed by atoms with Crippen molar-refractivity contribution in [3.05, 3.63) is 86.7 Å². The first-order chi connectivity index (χ1) is 19.1. The number of ether oxygens (including phenoxy) is 2. The molecule has 9 nitrogen and oxygen atoms in total. The lowest BCUT2D eigenvalue weighted by Crippen LogP contribution is -2.36. The van der Waals surface area contributed by atoms with Crippen molar-refractivity contribution < 1.29 is 28.7 Å². The Bertz CT molecular complexity index is 1510. The van der Waals surface area contributed by atoms with Gasteiger partial charge in [-0.1, -0.05) is 24.3 Å². The van der Waals surface area contributed by atoms with E-state index in [4.69, 9.17) is 9.47 Å². The Kier molecular flexibility index (Phi) is 9.28. The van der Waals surface area contributed by atoms with Crippen LogP contribution in [-0.4, -0.2) is 48.1 Å². The van der Waals surface area contributed by atoms with Crippen molar-refractivity contribution in [3.63, 3.8) is 0 Å². The summed E-state index contributed by atoms with van der Waals surface area (Å²) in [6.07, 6.45) is 1.53. The first-order valence-corrected chi connectivity index (χ1v) is 13.7. The molecule has 0 unspecified atom stereocenters. The molecule has 40 heavy (non-hydrogen) atoms. The Labute approximate surface area is 244 Å². The van der Waals surface area contributed by atoms with Crippen LogP contribution >= 0.6 is 27.7 Å². The largest absolute Gasteiger partial charge is 0.493 e. The van der Waals surface area contributed by atoms with E-state index in [1.807, 2.05) is 44.2 Å². The molecule has 4 rings (SSSR count). The van der Waals surface area contributed by atoms with E-state index < -0.39 is 23.6 Å². The molecule has 1 saturated heterocycles. The van der Waals surface area contributed by atoms with Crippen molar-refractivity contribution in [2.45, 2.75) is 13.8 Å². The lowest BCUT2D eigenvalue weighted by Gasteiger charge is -2.14. The summed E-state index contributed by atoms with van der Waals surface area (Å²) in [5.41, 5.74) is 3.89. The SMILES string of the molecule is COc1cc(/C=C2/SC(=O)N(CC(=O)Nc3ccc(C)c(C)c3)C2=O)cc(Br)c1OCC(=O)Nc1ccccc1. The summed E-state index contributed by atoms with van der Waals surface area (Å²) in [4.78, 5) is 51.4. The maximum absolute atomic E-state index is 13.0. The van der Waals surface area contributed by atoms with Gasteiger partial charge in [0.15, 0.2) is 18.1 Å². The predicted molar refractivity (Wildman–Crippen MR) is 158 cm³/mol. The van der Waals surface area contributed by atoms with Crippen molar-refractivity contribution in [1.82, 2.24) is 4.90 Å². The van der Waals surface area contributed by atoms with Crippen LogP contribution in [0.25, 0.3) is 6.08 Å². The number of halogens is 1. The molecule has 0 radical (unpaired) electrons. The number of imide groups is 1. The highest BCUT2D eigenvalue weighted by atomic mass is 79.9. The zero-order chi connectivity index (χ0) is 28.8. The molecule has 1 aliphatic heterocycles. The predicted octanol–water partition coefficient (Wildman–Crippen LogP) is 5.77. The van der Waals surface area contributed by atoms with E-state index in [-0.39, 0.29) is 17.4 Å². The van der Waals surface area contributed by atoms with E-state index in [2.05, 4.69) is 26.6 Å². The molecule has 4 amide bonds. The van der Waals surface area contributed by atoms with E-state index >= 15 is 0 Å². The molecule has 11 heteroatoms. The van der Waals surface area contributed by atoms with Gasteiger partial charge in [-0.25, -0.2) is 0 Å². The number of hydrogen-bond acceptors (Lipinski definition) is 7. The Balaban J connectivity index is 1.42. The fraction of sp³-hybridized carbons (Fsp3) is 0.172. The van der Waals surface area contributed by atoms with Gasteiger partial charge in [-0.05, 0) is 101 Å². The number of methoxy groups -OCH3 is 1. The molecule has 0 bridgehead atoms. The summed E-state index contributed by atoms with van der Waals surface area (Å²) in [7, 11) is 1.45. The molecule has 3 aromatic rings.